The number of nitrogens with one attached hydrogen (secondary N) is 1. The van der Waals surface area contributed by atoms with Crippen molar-refractivity contribution in [3.63, 3.8) is 0 Å². The molecule has 1 aromatic heterocycles. The number of anilines is 2. The molecule has 116 valence electrons. The first kappa shape index (κ1) is 15.5. The molecule has 1 aliphatic heterocycles. The molecule has 1 aliphatic rings. The van der Waals surface area contributed by atoms with Gasteiger partial charge in [-0.15, -0.1) is 0 Å². The summed E-state index contributed by atoms with van der Waals surface area (Å²) in [6.45, 7) is 7.20. The maximum atomic E-state index is 10.8. The van der Waals surface area contributed by atoms with Gasteiger partial charge in [0.1, 0.15) is 5.82 Å². The van der Waals surface area contributed by atoms with Crippen molar-refractivity contribution >= 4 is 17.3 Å². The summed E-state index contributed by atoms with van der Waals surface area (Å²) in [5, 5.41) is 14.2. The normalized spacial score (nSPS) is 16.1. The van der Waals surface area contributed by atoms with Gasteiger partial charge >= 0.3 is 5.69 Å². The van der Waals surface area contributed by atoms with Gasteiger partial charge in [0.15, 0.2) is 0 Å². The Kier molecular flexibility index (Phi) is 4.95. The molecule has 2 rings (SSSR count). The fraction of sp³-hybridized carbons (Fsp3) is 0.643. The van der Waals surface area contributed by atoms with Gasteiger partial charge in [0.2, 0.25) is 5.82 Å². The number of nitro groups is 1. The van der Waals surface area contributed by atoms with Gasteiger partial charge in [0, 0.05) is 18.7 Å². The van der Waals surface area contributed by atoms with Crippen molar-refractivity contribution in [1.29, 1.82) is 0 Å². The van der Waals surface area contributed by atoms with E-state index in [0.29, 0.717) is 11.7 Å². The molecule has 0 aromatic carbocycles. The maximum absolute atomic E-state index is 10.8. The Hall–Kier alpha value is -1.89. The van der Waals surface area contributed by atoms with Crippen LogP contribution in [-0.2, 0) is 0 Å². The number of nitrogen functional groups attached to an aromatic ring is 1. The van der Waals surface area contributed by atoms with E-state index in [2.05, 4.69) is 29.0 Å². The summed E-state index contributed by atoms with van der Waals surface area (Å²) in [6.07, 6.45) is 2.29. The minimum Gasteiger partial charge on any atom is -0.378 e. The van der Waals surface area contributed by atoms with Gasteiger partial charge in [-0.25, -0.2) is 4.98 Å². The van der Waals surface area contributed by atoms with E-state index in [1.807, 2.05) is 0 Å². The molecular formula is C14H23N5O2. The number of pyridine rings is 1. The summed E-state index contributed by atoms with van der Waals surface area (Å²) in [7, 11) is 0. The standard InChI is InChI=1S/C14H23N5O2/c1-10(2)18(9-11-5-7-16-8-6-11)13-4-3-12(19(20)21)14(15)17-13/h3-4,10-11,16H,5-9H2,1-2H3,(H2,15,17). The highest BCUT2D eigenvalue weighted by Crippen LogP contribution is 2.26. The fourth-order valence-electron chi connectivity index (χ4n) is 2.68. The molecule has 3 N–H and O–H groups in total. The molecule has 7 nitrogen and oxygen atoms in total. The Labute approximate surface area is 124 Å². The molecular weight excluding hydrogens is 270 g/mol. The summed E-state index contributed by atoms with van der Waals surface area (Å²) < 4.78 is 0. The minimum absolute atomic E-state index is 0.0199. The molecule has 0 unspecified atom stereocenters. The lowest BCUT2D eigenvalue weighted by Gasteiger charge is -2.33. The monoisotopic (exact) mass is 293 g/mol. The predicted octanol–water partition coefficient (Wildman–Crippen LogP) is 1.79. The van der Waals surface area contributed by atoms with Crippen LogP contribution in [0, 0.1) is 16.0 Å². The highest BCUT2D eigenvalue weighted by molar-refractivity contribution is 5.58. The van der Waals surface area contributed by atoms with Crippen molar-refractivity contribution in [3.8, 4) is 0 Å². The zero-order chi connectivity index (χ0) is 15.4. The number of nitrogens with zero attached hydrogens (tertiary/aromatic N) is 3. The van der Waals surface area contributed by atoms with Crippen LogP contribution < -0.4 is 16.0 Å². The Balaban J connectivity index is 2.17. The van der Waals surface area contributed by atoms with Gasteiger partial charge in [-0.05, 0) is 51.8 Å². The van der Waals surface area contributed by atoms with Crippen molar-refractivity contribution in [1.82, 2.24) is 10.3 Å². The maximum Gasteiger partial charge on any atom is 0.311 e. The summed E-state index contributed by atoms with van der Waals surface area (Å²) in [5.74, 6) is 1.31. The van der Waals surface area contributed by atoms with Gasteiger partial charge in [0.25, 0.3) is 0 Å². The van der Waals surface area contributed by atoms with Crippen LogP contribution in [0.1, 0.15) is 26.7 Å². The number of aromatic nitrogens is 1. The van der Waals surface area contributed by atoms with E-state index in [-0.39, 0.29) is 17.5 Å². The Morgan fingerprint density at radius 2 is 2.14 bits per heavy atom. The van der Waals surface area contributed by atoms with E-state index in [4.69, 9.17) is 5.73 Å². The smallest absolute Gasteiger partial charge is 0.311 e. The van der Waals surface area contributed by atoms with E-state index in [1.165, 1.54) is 6.07 Å². The SMILES string of the molecule is CC(C)N(CC1CCNCC1)c1ccc([N+](=O)[O-])c(N)n1. The second kappa shape index (κ2) is 6.71. The highest BCUT2D eigenvalue weighted by atomic mass is 16.6. The summed E-state index contributed by atoms with van der Waals surface area (Å²) in [6, 6.07) is 3.40. The molecule has 0 saturated carbocycles. The summed E-state index contributed by atoms with van der Waals surface area (Å²) >= 11 is 0. The molecule has 0 bridgehead atoms. The van der Waals surface area contributed by atoms with Crippen LogP contribution in [0.4, 0.5) is 17.3 Å². The first-order valence-corrected chi connectivity index (χ1v) is 7.37. The van der Waals surface area contributed by atoms with Crippen LogP contribution in [0.3, 0.4) is 0 Å². The van der Waals surface area contributed by atoms with Gasteiger partial charge in [-0.2, -0.15) is 0 Å². The van der Waals surface area contributed by atoms with E-state index in [9.17, 15) is 10.1 Å². The van der Waals surface area contributed by atoms with Crippen molar-refractivity contribution in [3.05, 3.63) is 22.2 Å². The van der Waals surface area contributed by atoms with Crippen molar-refractivity contribution in [2.45, 2.75) is 32.7 Å². The quantitative estimate of drug-likeness (QED) is 0.634. The molecule has 1 saturated heterocycles. The number of nitrogens with two attached hydrogens (primary N) is 1. The zero-order valence-electron chi connectivity index (χ0n) is 12.6. The molecule has 0 amide bonds. The average Bonchev–Trinajstić information content (AvgIpc) is 2.45. The van der Waals surface area contributed by atoms with E-state index < -0.39 is 4.92 Å². The fourth-order valence-corrected chi connectivity index (χ4v) is 2.68. The molecule has 0 radical (unpaired) electrons. The van der Waals surface area contributed by atoms with Crippen LogP contribution >= 0.6 is 0 Å². The van der Waals surface area contributed by atoms with E-state index in [0.717, 1.165) is 32.5 Å². The molecule has 0 spiro atoms. The number of hydrogen-bond acceptors (Lipinski definition) is 6. The first-order chi connectivity index (χ1) is 9.99. The summed E-state index contributed by atoms with van der Waals surface area (Å²) in [4.78, 5) is 16.7. The van der Waals surface area contributed by atoms with Gasteiger partial charge in [-0.3, -0.25) is 10.1 Å². The van der Waals surface area contributed by atoms with E-state index in [1.54, 1.807) is 6.07 Å². The van der Waals surface area contributed by atoms with Crippen LogP contribution in [0.15, 0.2) is 12.1 Å². The second-order valence-corrected chi connectivity index (χ2v) is 5.77. The van der Waals surface area contributed by atoms with Crippen LogP contribution in [0.2, 0.25) is 0 Å². The lowest BCUT2D eigenvalue weighted by Crippen LogP contribution is -2.40. The molecule has 1 aromatic rings. The second-order valence-electron chi connectivity index (χ2n) is 5.77. The van der Waals surface area contributed by atoms with Gasteiger partial charge in [-0.1, -0.05) is 0 Å². The van der Waals surface area contributed by atoms with Crippen LogP contribution in [0.25, 0.3) is 0 Å². The van der Waals surface area contributed by atoms with Gasteiger partial charge < -0.3 is 16.0 Å². The molecule has 1 fully saturated rings. The van der Waals surface area contributed by atoms with Gasteiger partial charge in [0.05, 0.1) is 4.92 Å². The lowest BCUT2D eigenvalue weighted by molar-refractivity contribution is -0.384. The van der Waals surface area contributed by atoms with Crippen LogP contribution in [-0.4, -0.2) is 35.6 Å². The number of rotatable bonds is 5. The lowest BCUT2D eigenvalue weighted by atomic mass is 9.97. The van der Waals surface area contributed by atoms with Crippen molar-refractivity contribution in [2.24, 2.45) is 5.92 Å². The topological polar surface area (TPSA) is 97.3 Å². The molecule has 2 heterocycles. The Morgan fingerprint density at radius 1 is 1.48 bits per heavy atom. The van der Waals surface area contributed by atoms with Crippen molar-refractivity contribution in [2.75, 3.05) is 30.3 Å². The number of piperidine rings is 1. The predicted molar refractivity (Wildman–Crippen MR) is 83.4 cm³/mol. The Bertz CT molecular complexity index is 500. The zero-order valence-corrected chi connectivity index (χ0v) is 12.6. The first-order valence-electron chi connectivity index (χ1n) is 7.37. The molecule has 0 atom stereocenters. The largest absolute Gasteiger partial charge is 0.378 e. The molecule has 0 aliphatic carbocycles. The third kappa shape index (κ3) is 3.81. The minimum atomic E-state index is -0.501. The Morgan fingerprint density at radius 3 is 2.67 bits per heavy atom. The highest BCUT2D eigenvalue weighted by Gasteiger charge is 2.22. The molecule has 21 heavy (non-hydrogen) atoms. The third-order valence-corrected chi connectivity index (χ3v) is 3.92. The summed E-state index contributed by atoms with van der Waals surface area (Å²) in [5.41, 5.74) is 5.57. The number of hydrogen-bond donors (Lipinski definition) is 2. The van der Waals surface area contributed by atoms with Crippen LogP contribution in [0.5, 0.6) is 0 Å². The van der Waals surface area contributed by atoms with Crippen molar-refractivity contribution < 1.29 is 4.92 Å². The third-order valence-electron chi connectivity index (χ3n) is 3.92. The molecule has 7 heteroatoms. The average molecular weight is 293 g/mol. The van der Waals surface area contributed by atoms with E-state index >= 15 is 0 Å².